The van der Waals surface area contributed by atoms with Crippen molar-refractivity contribution >= 4 is 16.8 Å². The summed E-state index contributed by atoms with van der Waals surface area (Å²) in [7, 11) is 0. The number of nitrogens with zero attached hydrogens (tertiary/aromatic N) is 5. The third-order valence-electron chi connectivity index (χ3n) is 6.30. The Balaban J connectivity index is 1.38. The van der Waals surface area contributed by atoms with Crippen molar-refractivity contribution in [3.05, 3.63) is 72.3 Å². The molecular formula is C25H28N6O. The van der Waals surface area contributed by atoms with E-state index in [0.717, 1.165) is 53.2 Å². The Morgan fingerprint density at radius 2 is 2.00 bits per heavy atom. The molecule has 1 fully saturated rings. The number of para-hydroxylation sites is 1. The standard InChI is InChI=1S/C25H28N6O/c1-17(2)24-28-11-13-31(24)25-23(26-9-10-27-25)18-6-5-12-30(16-18)22(32)14-19-15-29-21-8-4-3-7-20(19)21/h3-4,7-11,13,15,17-18,29H,5-6,12,14,16H2,1-2H3/t18-/m0/s1. The zero-order valence-electron chi connectivity index (χ0n) is 18.5. The highest BCUT2D eigenvalue weighted by Gasteiger charge is 2.29. The molecule has 1 aliphatic rings. The van der Waals surface area contributed by atoms with Crippen LogP contribution >= 0.6 is 0 Å². The minimum atomic E-state index is 0.154. The fraction of sp³-hybridized carbons (Fsp3) is 0.360. The lowest BCUT2D eigenvalue weighted by Crippen LogP contribution is -2.40. The Kier molecular flexibility index (Phi) is 5.47. The minimum absolute atomic E-state index is 0.154. The molecule has 0 radical (unpaired) electrons. The molecule has 1 aliphatic heterocycles. The fourth-order valence-electron chi connectivity index (χ4n) is 4.72. The molecule has 7 heteroatoms. The second-order valence-electron chi connectivity index (χ2n) is 8.79. The third-order valence-corrected chi connectivity index (χ3v) is 6.30. The van der Waals surface area contributed by atoms with Crippen LogP contribution in [0.2, 0.25) is 0 Å². The summed E-state index contributed by atoms with van der Waals surface area (Å²) in [5, 5.41) is 1.12. The van der Waals surface area contributed by atoms with E-state index in [4.69, 9.17) is 4.98 Å². The van der Waals surface area contributed by atoms with Crippen LogP contribution in [0.3, 0.4) is 0 Å². The zero-order chi connectivity index (χ0) is 22.1. The van der Waals surface area contributed by atoms with Crippen molar-refractivity contribution in [2.45, 2.75) is 44.9 Å². The predicted octanol–water partition coefficient (Wildman–Crippen LogP) is 4.22. The van der Waals surface area contributed by atoms with Gasteiger partial charge in [0.25, 0.3) is 0 Å². The number of carbonyl (C=O) groups is 1. The number of fused-ring (bicyclic) bond motifs is 1. The van der Waals surface area contributed by atoms with Crippen LogP contribution in [0.15, 0.2) is 55.2 Å². The molecule has 0 unspecified atom stereocenters. The molecule has 3 aromatic heterocycles. The van der Waals surface area contributed by atoms with Crippen LogP contribution in [0.1, 0.15) is 55.6 Å². The molecule has 5 rings (SSSR count). The number of H-pyrrole nitrogens is 1. The van der Waals surface area contributed by atoms with Gasteiger partial charge in [0, 0.05) is 66.8 Å². The smallest absolute Gasteiger partial charge is 0.227 e. The molecule has 0 saturated carbocycles. The van der Waals surface area contributed by atoms with Gasteiger partial charge < -0.3 is 9.88 Å². The first-order chi connectivity index (χ1) is 15.6. The molecule has 1 N–H and O–H groups in total. The van der Waals surface area contributed by atoms with Gasteiger partial charge in [-0.2, -0.15) is 0 Å². The van der Waals surface area contributed by atoms with Crippen LogP contribution in [0.4, 0.5) is 0 Å². The highest BCUT2D eigenvalue weighted by molar-refractivity contribution is 5.89. The Morgan fingerprint density at radius 1 is 1.16 bits per heavy atom. The summed E-state index contributed by atoms with van der Waals surface area (Å²) >= 11 is 0. The van der Waals surface area contributed by atoms with Crippen LogP contribution < -0.4 is 0 Å². The summed E-state index contributed by atoms with van der Waals surface area (Å²) in [6.45, 7) is 5.70. The van der Waals surface area contributed by atoms with Crippen molar-refractivity contribution in [3.63, 3.8) is 0 Å². The average Bonchev–Trinajstić information content (AvgIpc) is 3.47. The van der Waals surface area contributed by atoms with Gasteiger partial charge in [0.1, 0.15) is 5.82 Å². The van der Waals surface area contributed by atoms with Crippen molar-refractivity contribution in [1.82, 2.24) is 29.4 Å². The summed E-state index contributed by atoms with van der Waals surface area (Å²) in [4.78, 5) is 32.4. The highest BCUT2D eigenvalue weighted by atomic mass is 16.2. The largest absolute Gasteiger partial charge is 0.361 e. The fourth-order valence-corrected chi connectivity index (χ4v) is 4.72. The molecule has 7 nitrogen and oxygen atoms in total. The Morgan fingerprint density at radius 3 is 2.88 bits per heavy atom. The number of likely N-dealkylation sites (tertiary alicyclic amines) is 1. The van der Waals surface area contributed by atoms with Crippen LogP contribution in [-0.2, 0) is 11.2 Å². The summed E-state index contributed by atoms with van der Waals surface area (Å²) in [6.07, 6.45) is 11.6. The van der Waals surface area contributed by atoms with Gasteiger partial charge >= 0.3 is 0 Å². The maximum Gasteiger partial charge on any atom is 0.227 e. The summed E-state index contributed by atoms with van der Waals surface area (Å²) in [5.74, 6) is 2.39. The third kappa shape index (κ3) is 3.79. The van der Waals surface area contributed by atoms with E-state index in [-0.39, 0.29) is 17.7 Å². The molecular weight excluding hydrogens is 400 g/mol. The Labute approximate surface area is 187 Å². The van der Waals surface area contributed by atoms with Gasteiger partial charge in [-0.05, 0) is 24.5 Å². The summed E-state index contributed by atoms with van der Waals surface area (Å²) in [5.41, 5.74) is 3.06. The minimum Gasteiger partial charge on any atom is -0.361 e. The summed E-state index contributed by atoms with van der Waals surface area (Å²) in [6, 6.07) is 8.12. The molecule has 4 heterocycles. The van der Waals surface area contributed by atoms with Crippen molar-refractivity contribution < 1.29 is 4.79 Å². The second-order valence-corrected chi connectivity index (χ2v) is 8.79. The van der Waals surface area contributed by atoms with Gasteiger partial charge in [0.15, 0.2) is 5.82 Å². The number of carbonyl (C=O) groups excluding carboxylic acids is 1. The molecule has 1 atom stereocenters. The number of aromatic amines is 1. The molecule has 1 aromatic carbocycles. The van der Waals surface area contributed by atoms with Gasteiger partial charge in [-0.15, -0.1) is 0 Å². The van der Waals surface area contributed by atoms with Gasteiger partial charge in [0.2, 0.25) is 5.91 Å². The Bertz CT molecular complexity index is 1240. The molecule has 1 amide bonds. The number of hydrogen-bond donors (Lipinski definition) is 1. The van der Waals surface area contributed by atoms with Crippen LogP contribution in [0, 0.1) is 0 Å². The van der Waals surface area contributed by atoms with Crippen LogP contribution in [0.25, 0.3) is 16.7 Å². The molecule has 0 spiro atoms. The first-order valence-corrected chi connectivity index (χ1v) is 11.3. The van der Waals surface area contributed by atoms with E-state index in [1.807, 2.05) is 46.3 Å². The van der Waals surface area contributed by atoms with Gasteiger partial charge in [-0.25, -0.2) is 9.97 Å². The van der Waals surface area contributed by atoms with Crippen LogP contribution in [-0.4, -0.2) is 48.4 Å². The van der Waals surface area contributed by atoms with Crippen molar-refractivity contribution in [1.29, 1.82) is 0 Å². The van der Waals surface area contributed by atoms with E-state index in [0.29, 0.717) is 13.0 Å². The normalized spacial score (nSPS) is 16.7. The number of piperidine rings is 1. The van der Waals surface area contributed by atoms with Gasteiger partial charge in [0.05, 0.1) is 12.1 Å². The molecule has 32 heavy (non-hydrogen) atoms. The lowest BCUT2D eigenvalue weighted by Gasteiger charge is -2.33. The topological polar surface area (TPSA) is 79.7 Å². The number of hydrogen-bond acceptors (Lipinski definition) is 4. The van der Waals surface area contributed by atoms with Gasteiger partial charge in [-0.1, -0.05) is 32.0 Å². The zero-order valence-corrected chi connectivity index (χ0v) is 18.5. The number of nitrogens with one attached hydrogen (secondary N) is 1. The SMILES string of the molecule is CC(C)c1nccn1-c1nccnc1[C@H]1CCCN(C(=O)Cc2c[nH]c3ccccc23)C1. The van der Waals surface area contributed by atoms with E-state index in [1.54, 1.807) is 12.4 Å². The molecule has 164 valence electrons. The average molecular weight is 429 g/mol. The number of rotatable bonds is 5. The number of benzene rings is 1. The number of aromatic nitrogens is 5. The quantitative estimate of drug-likeness (QED) is 0.516. The maximum atomic E-state index is 13.2. The van der Waals surface area contributed by atoms with E-state index in [9.17, 15) is 4.79 Å². The van der Waals surface area contributed by atoms with Crippen molar-refractivity contribution in [3.8, 4) is 5.82 Å². The maximum absolute atomic E-state index is 13.2. The highest BCUT2D eigenvalue weighted by Crippen LogP contribution is 2.30. The predicted molar refractivity (Wildman–Crippen MR) is 124 cm³/mol. The summed E-state index contributed by atoms with van der Waals surface area (Å²) < 4.78 is 2.04. The Hall–Kier alpha value is -3.48. The monoisotopic (exact) mass is 428 g/mol. The second kappa shape index (κ2) is 8.57. The van der Waals surface area contributed by atoms with Gasteiger partial charge in [-0.3, -0.25) is 14.3 Å². The molecule has 0 bridgehead atoms. The van der Waals surface area contributed by atoms with Crippen molar-refractivity contribution in [2.24, 2.45) is 0 Å². The number of amides is 1. The molecule has 0 aliphatic carbocycles. The van der Waals surface area contributed by atoms with E-state index >= 15 is 0 Å². The van der Waals surface area contributed by atoms with Crippen molar-refractivity contribution in [2.75, 3.05) is 13.1 Å². The van der Waals surface area contributed by atoms with E-state index in [1.165, 1.54) is 0 Å². The first-order valence-electron chi connectivity index (χ1n) is 11.3. The first kappa shape index (κ1) is 20.4. The van der Waals surface area contributed by atoms with Crippen LogP contribution in [0.5, 0.6) is 0 Å². The number of imidazole rings is 1. The van der Waals surface area contributed by atoms with E-state index in [2.05, 4.69) is 34.9 Å². The molecule has 1 saturated heterocycles. The molecule has 4 aromatic rings. The van der Waals surface area contributed by atoms with E-state index < -0.39 is 0 Å². The lowest BCUT2D eigenvalue weighted by molar-refractivity contribution is -0.131. The lowest BCUT2D eigenvalue weighted by atomic mass is 9.93.